The highest BCUT2D eigenvalue weighted by molar-refractivity contribution is 7.90. The third-order valence-electron chi connectivity index (χ3n) is 2.67. The Kier molecular flexibility index (Phi) is 4.33. The number of hydrogen-bond donors (Lipinski definition) is 0. The molecular formula is C13H21NO2S. The zero-order chi connectivity index (χ0) is 13.1. The molecule has 3 nitrogen and oxygen atoms in total. The molecule has 96 valence electrons. The average Bonchev–Trinajstić information content (AvgIpc) is 2.25. The van der Waals surface area contributed by atoms with E-state index in [2.05, 4.69) is 0 Å². The standard InChI is InChI=1S/C13H21NO2S/c1-5-14(17(15,16)13(2,3)4)11-12-9-7-6-8-10-12/h6-10H,5,11H2,1-4H3. The minimum Gasteiger partial charge on any atom is -0.212 e. The van der Waals surface area contributed by atoms with Gasteiger partial charge in [-0.15, -0.1) is 0 Å². The van der Waals surface area contributed by atoms with Gasteiger partial charge < -0.3 is 0 Å². The van der Waals surface area contributed by atoms with E-state index in [0.29, 0.717) is 13.1 Å². The first-order valence-electron chi connectivity index (χ1n) is 5.82. The molecule has 0 aromatic heterocycles. The van der Waals surface area contributed by atoms with E-state index in [4.69, 9.17) is 0 Å². The van der Waals surface area contributed by atoms with Gasteiger partial charge in [-0.2, -0.15) is 4.31 Å². The Morgan fingerprint density at radius 3 is 2.06 bits per heavy atom. The zero-order valence-electron chi connectivity index (χ0n) is 11.0. The molecule has 0 atom stereocenters. The summed E-state index contributed by atoms with van der Waals surface area (Å²) in [5, 5.41) is 0. The van der Waals surface area contributed by atoms with Crippen LogP contribution in [0, 0.1) is 0 Å². The van der Waals surface area contributed by atoms with Crippen LogP contribution in [0.25, 0.3) is 0 Å². The van der Waals surface area contributed by atoms with Crippen molar-refractivity contribution in [2.75, 3.05) is 6.54 Å². The van der Waals surface area contributed by atoms with E-state index in [-0.39, 0.29) is 0 Å². The molecule has 0 amide bonds. The molecule has 0 spiro atoms. The number of rotatable bonds is 4. The maximum Gasteiger partial charge on any atom is 0.219 e. The van der Waals surface area contributed by atoms with Crippen LogP contribution in [0.4, 0.5) is 0 Å². The molecule has 0 fully saturated rings. The molecule has 0 aliphatic heterocycles. The minimum atomic E-state index is -3.25. The van der Waals surface area contributed by atoms with Crippen molar-refractivity contribution >= 4 is 10.0 Å². The first-order valence-corrected chi connectivity index (χ1v) is 7.26. The quantitative estimate of drug-likeness (QED) is 0.829. The second-order valence-corrected chi connectivity index (χ2v) is 7.72. The molecule has 0 heterocycles. The maximum absolute atomic E-state index is 12.3. The highest BCUT2D eigenvalue weighted by Crippen LogP contribution is 2.21. The topological polar surface area (TPSA) is 37.4 Å². The van der Waals surface area contributed by atoms with Gasteiger partial charge in [0.15, 0.2) is 0 Å². The molecule has 0 bridgehead atoms. The summed E-state index contributed by atoms with van der Waals surface area (Å²) in [7, 11) is -3.25. The summed E-state index contributed by atoms with van der Waals surface area (Å²) in [6, 6.07) is 9.67. The predicted molar refractivity (Wildman–Crippen MR) is 71.2 cm³/mol. The van der Waals surface area contributed by atoms with Gasteiger partial charge in [-0.3, -0.25) is 0 Å². The van der Waals surface area contributed by atoms with Gasteiger partial charge in [-0.25, -0.2) is 8.42 Å². The number of nitrogens with zero attached hydrogens (tertiary/aromatic N) is 1. The Morgan fingerprint density at radius 1 is 1.12 bits per heavy atom. The van der Waals surface area contributed by atoms with Gasteiger partial charge >= 0.3 is 0 Å². The monoisotopic (exact) mass is 255 g/mol. The zero-order valence-corrected chi connectivity index (χ0v) is 11.8. The summed E-state index contributed by atoms with van der Waals surface area (Å²) in [4.78, 5) is 0. The highest BCUT2D eigenvalue weighted by atomic mass is 32.2. The van der Waals surface area contributed by atoms with Crippen molar-refractivity contribution in [3.63, 3.8) is 0 Å². The van der Waals surface area contributed by atoms with E-state index in [1.54, 1.807) is 20.8 Å². The normalized spacial score (nSPS) is 13.0. The summed E-state index contributed by atoms with van der Waals surface area (Å²) in [5.41, 5.74) is 1.02. The van der Waals surface area contributed by atoms with Crippen molar-refractivity contribution in [1.82, 2.24) is 4.31 Å². The molecule has 0 radical (unpaired) electrons. The van der Waals surface area contributed by atoms with Crippen LogP contribution < -0.4 is 0 Å². The summed E-state index contributed by atoms with van der Waals surface area (Å²) >= 11 is 0. The van der Waals surface area contributed by atoms with Crippen LogP contribution in [0.1, 0.15) is 33.3 Å². The lowest BCUT2D eigenvalue weighted by atomic mass is 10.2. The molecule has 1 aromatic rings. The van der Waals surface area contributed by atoms with Crippen molar-refractivity contribution in [2.24, 2.45) is 0 Å². The van der Waals surface area contributed by atoms with Crippen LogP contribution in [0.15, 0.2) is 30.3 Å². The molecule has 17 heavy (non-hydrogen) atoms. The van der Waals surface area contributed by atoms with E-state index in [9.17, 15) is 8.42 Å². The van der Waals surface area contributed by atoms with Gasteiger partial charge in [0.05, 0.1) is 4.75 Å². The lowest BCUT2D eigenvalue weighted by molar-refractivity contribution is 0.404. The van der Waals surface area contributed by atoms with E-state index in [1.165, 1.54) is 4.31 Å². The minimum absolute atomic E-state index is 0.441. The molecule has 0 saturated heterocycles. The second-order valence-electron chi connectivity index (χ2n) is 5.03. The predicted octanol–water partition coefficient (Wildman–Crippen LogP) is 2.64. The van der Waals surface area contributed by atoms with Crippen LogP contribution in [-0.2, 0) is 16.6 Å². The molecule has 1 rings (SSSR count). The third-order valence-corrected chi connectivity index (χ3v) is 5.28. The Hall–Kier alpha value is -0.870. The van der Waals surface area contributed by atoms with Crippen LogP contribution in [0.3, 0.4) is 0 Å². The summed E-state index contributed by atoms with van der Waals surface area (Å²) in [5.74, 6) is 0. The first-order chi connectivity index (χ1) is 7.79. The SMILES string of the molecule is CCN(Cc1ccccc1)S(=O)(=O)C(C)(C)C. The lowest BCUT2D eigenvalue weighted by Crippen LogP contribution is -2.42. The van der Waals surface area contributed by atoms with Gasteiger partial charge in [0, 0.05) is 13.1 Å². The van der Waals surface area contributed by atoms with Crippen molar-refractivity contribution in [2.45, 2.75) is 39.0 Å². The molecule has 0 N–H and O–H groups in total. The third kappa shape index (κ3) is 3.30. The van der Waals surface area contributed by atoms with Crippen LogP contribution in [-0.4, -0.2) is 24.0 Å². The van der Waals surface area contributed by atoms with Crippen LogP contribution in [0.2, 0.25) is 0 Å². The Morgan fingerprint density at radius 2 is 1.65 bits per heavy atom. The maximum atomic E-state index is 12.3. The second kappa shape index (κ2) is 5.19. The fraction of sp³-hybridized carbons (Fsp3) is 0.538. The Balaban J connectivity index is 2.95. The van der Waals surface area contributed by atoms with Crippen molar-refractivity contribution in [3.05, 3.63) is 35.9 Å². The lowest BCUT2D eigenvalue weighted by Gasteiger charge is -2.29. The molecule has 0 saturated carbocycles. The fourth-order valence-corrected chi connectivity index (χ4v) is 2.97. The van der Waals surface area contributed by atoms with Crippen molar-refractivity contribution < 1.29 is 8.42 Å². The summed E-state index contributed by atoms with van der Waals surface area (Å²) < 4.78 is 25.4. The molecule has 4 heteroatoms. The first kappa shape index (κ1) is 14.2. The number of benzene rings is 1. The van der Waals surface area contributed by atoms with E-state index in [0.717, 1.165) is 5.56 Å². The van der Waals surface area contributed by atoms with Crippen molar-refractivity contribution in [3.8, 4) is 0 Å². The van der Waals surface area contributed by atoms with E-state index < -0.39 is 14.8 Å². The number of hydrogen-bond acceptors (Lipinski definition) is 2. The van der Waals surface area contributed by atoms with Crippen LogP contribution >= 0.6 is 0 Å². The number of sulfonamides is 1. The van der Waals surface area contributed by atoms with Crippen molar-refractivity contribution in [1.29, 1.82) is 0 Å². The summed E-state index contributed by atoms with van der Waals surface area (Å²) in [6.45, 7) is 8.00. The molecule has 0 aliphatic carbocycles. The largest absolute Gasteiger partial charge is 0.219 e. The average molecular weight is 255 g/mol. The smallest absolute Gasteiger partial charge is 0.212 e. The van der Waals surface area contributed by atoms with Gasteiger partial charge in [0.2, 0.25) is 10.0 Å². The molecule has 0 aliphatic rings. The van der Waals surface area contributed by atoms with Gasteiger partial charge in [-0.1, -0.05) is 37.3 Å². The summed E-state index contributed by atoms with van der Waals surface area (Å²) in [6.07, 6.45) is 0. The fourth-order valence-electron chi connectivity index (χ4n) is 1.54. The van der Waals surface area contributed by atoms with E-state index >= 15 is 0 Å². The van der Waals surface area contributed by atoms with Gasteiger partial charge in [-0.05, 0) is 26.3 Å². The Bertz CT molecular complexity index is 446. The highest BCUT2D eigenvalue weighted by Gasteiger charge is 2.34. The van der Waals surface area contributed by atoms with E-state index in [1.807, 2.05) is 37.3 Å². The molecular weight excluding hydrogens is 234 g/mol. The molecule has 0 unspecified atom stereocenters. The van der Waals surface area contributed by atoms with Gasteiger partial charge in [0.1, 0.15) is 0 Å². The Labute approximate surface area is 105 Å². The molecule has 1 aromatic carbocycles. The van der Waals surface area contributed by atoms with Crippen LogP contribution in [0.5, 0.6) is 0 Å². The van der Waals surface area contributed by atoms with Gasteiger partial charge in [0.25, 0.3) is 0 Å².